The summed E-state index contributed by atoms with van der Waals surface area (Å²) in [6, 6.07) is 14.1. The molecule has 2 aromatic carbocycles. The number of nitrogens with one attached hydrogen (secondary N) is 1. The molecule has 0 aliphatic heterocycles. The van der Waals surface area contributed by atoms with Gasteiger partial charge in [-0.15, -0.1) is 0 Å². The van der Waals surface area contributed by atoms with Crippen LogP contribution in [0.25, 0.3) is 6.08 Å². The van der Waals surface area contributed by atoms with Crippen LogP contribution in [0.5, 0.6) is 0 Å². The molecule has 0 saturated carbocycles. The minimum atomic E-state index is -0.487. The Hall–Kier alpha value is -2.28. The second-order valence-electron chi connectivity index (χ2n) is 4.66. The maximum absolute atomic E-state index is 12.2. The molecule has 0 heterocycles. The van der Waals surface area contributed by atoms with E-state index in [1.165, 1.54) is 6.08 Å². The maximum Gasteiger partial charge on any atom is 0.266 e. The predicted molar refractivity (Wildman–Crippen MR) is 89.9 cm³/mol. The van der Waals surface area contributed by atoms with E-state index >= 15 is 0 Å². The minimum absolute atomic E-state index is 0.0364. The Bertz CT molecular complexity index is 791. The topological polar surface area (TPSA) is 52.9 Å². The molecule has 0 saturated heterocycles. The lowest BCUT2D eigenvalue weighted by atomic mass is 10.1. The van der Waals surface area contributed by atoms with Gasteiger partial charge in [0.15, 0.2) is 0 Å². The van der Waals surface area contributed by atoms with Gasteiger partial charge in [0.05, 0.1) is 0 Å². The van der Waals surface area contributed by atoms with Crippen molar-refractivity contribution < 1.29 is 4.79 Å². The van der Waals surface area contributed by atoms with Gasteiger partial charge >= 0.3 is 0 Å². The van der Waals surface area contributed by atoms with E-state index in [9.17, 15) is 10.1 Å². The van der Waals surface area contributed by atoms with Crippen LogP contribution in [0.1, 0.15) is 11.1 Å². The second-order valence-corrected chi connectivity index (χ2v) is 5.50. The molecule has 0 unspecified atom stereocenters. The Morgan fingerprint density at radius 3 is 2.64 bits per heavy atom. The van der Waals surface area contributed by atoms with Crippen LogP contribution in [0.4, 0.5) is 5.69 Å². The quantitative estimate of drug-likeness (QED) is 0.646. The number of nitrogens with zero attached hydrogens (tertiary/aromatic N) is 1. The van der Waals surface area contributed by atoms with E-state index in [1.807, 2.05) is 31.2 Å². The first-order valence-electron chi connectivity index (χ1n) is 6.44. The van der Waals surface area contributed by atoms with E-state index in [2.05, 4.69) is 5.32 Å². The fraction of sp³-hybridized carbons (Fsp3) is 0.0588. The lowest BCUT2D eigenvalue weighted by molar-refractivity contribution is -0.112. The molecule has 0 spiro atoms. The van der Waals surface area contributed by atoms with E-state index < -0.39 is 5.91 Å². The van der Waals surface area contributed by atoms with Gasteiger partial charge in [-0.2, -0.15) is 5.26 Å². The summed E-state index contributed by atoms with van der Waals surface area (Å²) in [6.45, 7) is 1.92. The van der Waals surface area contributed by atoms with Crippen LogP contribution in [-0.2, 0) is 4.79 Å². The molecule has 22 heavy (non-hydrogen) atoms. The monoisotopic (exact) mass is 330 g/mol. The number of halogens is 2. The summed E-state index contributed by atoms with van der Waals surface area (Å²) in [7, 11) is 0. The smallest absolute Gasteiger partial charge is 0.266 e. The molecule has 5 heteroatoms. The summed E-state index contributed by atoms with van der Waals surface area (Å²) in [5, 5.41) is 12.7. The number of amides is 1. The summed E-state index contributed by atoms with van der Waals surface area (Å²) in [5.74, 6) is -0.487. The van der Waals surface area contributed by atoms with E-state index in [0.29, 0.717) is 21.3 Å². The summed E-state index contributed by atoms with van der Waals surface area (Å²) in [4.78, 5) is 12.2. The largest absolute Gasteiger partial charge is 0.321 e. The van der Waals surface area contributed by atoms with Crippen LogP contribution in [0.2, 0.25) is 10.0 Å². The summed E-state index contributed by atoms with van der Waals surface area (Å²) in [5.41, 5.74) is 2.17. The first kappa shape index (κ1) is 16.1. The molecule has 0 aromatic heterocycles. The van der Waals surface area contributed by atoms with Crippen LogP contribution in [0, 0.1) is 18.3 Å². The molecule has 0 radical (unpaired) electrons. The minimum Gasteiger partial charge on any atom is -0.321 e. The van der Waals surface area contributed by atoms with Crippen molar-refractivity contribution in [1.29, 1.82) is 5.26 Å². The third-order valence-corrected chi connectivity index (χ3v) is 3.47. The van der Waals surface area contributed by atoms with Gasteiger partial charge < -0.3 is 5.32 Å². The maximum atomic E-state index is 12.2. The highest BCUT2D eigenvalue weighted by molar-refractivity contribution is 6.35. The van der Waals surface area contributed by atoms with Crippen molar-refractivity contribution in [2.75, 3.05) is 5.32 Å². The first-order valence-corrected chi connectivity index (χ1v) is 7.20. The summed E-state index contributed by atoms with van der Waals surface area (Å²) < 4.78 is 0. The average molecular weight is 331 g/mol. The van der Waals surface area contributed by atoms with E-state index in [4.69, 9.17) is 23.2 Å². The lowest BCUT2D eigenvalue weighted by Crippen LogP contribution is -2.13. The second kappa shape index (κ2) is 7.13. The van der Waals surface area contributed by atoms with Crippen LogP contribution in [-0.4, -0.2) is 5.91 Å². The Labute approximate surface area is 138 Å². The van der Waals surface area contributed by atoms with Gasteiger partial charge in [-0.1, -0.05) is 41.4 Å². The summed E-state index contributed by atoms with van der Waals surface area (Å²) in [6.07, 6.45) is 1.43. The molecule has 0 fully saturated rings. The number of benzene rings is 2. The zero-order chi connectivity index (χ0) is 16.1. The number of hydrogen-bond donors (Lipinski definition) is 1. The molecule has 0 atom stereocenters. The molecule has 1 amide bonds. The zero-order valence-electron chi connectivity index (χ0n) is 11.7. The Kier molecular flexibility index (Phi) is 5.21. The number of anilines is 1. The van der Waals surface area contributed by atoms with Crippen LogP contribution >= 0.6 is 23.2 Å². The Morgan fingerprint density at radius 1 is 1.23 bits per heavy atom. The molecular weight excluding hydrogens is 319 g/mol. The predicted octanol–water partition coefficient (Wildman–Crippen LogP) is 4.85. The molecule has 3 nitrogen and oxygen atoms in total. The van der Waals surface area contributed by atoms with Gasteiger partial charge in [-0.3, -0.25) is 4.79 Å². The van der Waals surface area contributed by atoms with Crippen LogP contribution in [0.3, 0.4) is 0 Å². The van der Waals surface area contributed by atoms with E-state index in [-0.39, 0.29) is 5.57 Å². The molecule has 2 rings (SSSR count). The normalized spacial score (nSPS) is 10.9. The molecule has 0 aliphatic carbocycles. The van der Waals surface area contributed by atoms with Crippen molar-refractivity contribution in [3.63, 3.8) is 0 Å². The standard InChI is InChI=1S/C17H12Cl2N2O/c1-11-3-2-4-15(7-11)21-17(22)13(10-20)8-12-5-6-14(18)9-16(12)19/h2-9H,1H3,(H,21,22). The number of rotatable bonds is 3. The SMILES string of the molecule is Cc1cccc(NC(=O)C(C#N)=Cc2ccc(Cl)cc2Cl)c1. The molecule has 2 aromatic rings. The Morgan fingerprint density at radius 2 is 2.00 bits per heavy atom. The molecule has 1 N–H and O–H groups in total. The highest BCUT2D eigenvalue weighted by atomic mass is 35.5. The van der Waals surface area contributed by atoms with Crippen molar-refractivity contribution >= 4 is 40.9 Å². The fourth-order valence-corrected chi connectivity index (χ4v) is 2.31. The number of carbonyl (C=O) groups is 1. The number of hydrogen-bond acceptors (Lipinski definition) is 2. The van der Waals surface area contributed by atoms with Crippen molar-refractivity contribution in [3.05, 3.63) is 69.2 Å². The third-order valence-electron chi connectivity index (χ3n) is 2.90. The van der Waals surface area contributed by atoms with Gasteiger partial charge in [0, 0.05) is 15.7 Å². The zero-order valence-corrected chi connectivity index (χ0v) is 13.2. The van der Waals surface area contributed by atoms with Gasteiger partial charge in [0.1, 0.15) is 11.6 Å². The van der Waals surface area contributed by atoms with Crippen molar-refractivity contribution in [3.8, 4) is 6.07 Å². The molecule has 110 valence electrons. The number of aryl methyl sites for hydroxylation is 1. The van der Waals surface area contributed by atoms with Gasteiger partial charge in [0.2, 0.25) is 0 Å². The first-order chi connectivity index (χ1) is 10.5. The van der Waals surface area contributed by atoms with Gasteiger partial charge in [-0.25, -0.2) is 0 Å². The van der Waals surface area contributed by atoms with Gasteiger partial charge in [-0.05, 0) is 48.4 Å². The molecule has 0 bridgehead atoms. The van der Waals surface area contributed by atoms with E-state index in [1.54, 1.807) is 24.3 Å². The van der Waals surface area contributed by atoms with Crippen LogP contribution < -0.4 is 5.32 Å². The highest BCUT2D eigenvalue weighted by Crippen LogP contribution is 2.23. The van der Waals surface area contributed by atoms with E-state index in [0.717, 1.165) is 5.56 Å². The molecule has 0 aliphatic rings. The number of nitriles is 1. The van der Waals surface area contributed by atoms with Crippen LogP contribution in [0.15, 0.2) is 48.0 Å². The van der Waals surface area contributed by atoms with Crippen molar-refractivity contribution in [2.24, 2.45) is 0 Å². The highest BCUT2D eigenvalue weighted by Gasteiger charge is 2.10. The third kappa shape index (κ3) is 4.11. The number of carbonyl (C=O) groups excluding carboxylic acids is 1. The Balaban J connectivity index is 2.26. The average Bonchev–Trinajstić information content (AvgIpc) is 2.46. The lowest BCUT2D eigenvalue weighted by Gasteiger charge is -2.05. The van der Waals surface area contributed by atoms with Gasteiger partial charge in [0.25, 0.3) is 5.91 Å². The van der Waals surface area contributed by atoms with Crippen molar-refractivity contribution in [1.82, 2.24) is 0 Å². The summed E-state index contributed by atoms with van der Waals surface area (Å²) >= 11 is 11.9. The van der Waals surface area contributed by atoms with Crippen molar-refractivity contribution in [2.45, 2.75) is 6.92 Å². The molecular formula is C17H12Cl2N2O. The fourth-order valence-electron chi connectivity index (χ4n) is 1.84.